The van der Waals surface area contributed by atoms with Crippen molar-refractivity contribution in [1.82, 2.24) is 14.9 Å². The number of thioether (sulfide) groups is 1. The maximum absolute atomic E-state index is 6.60. The summed E-state index contributed by atoms with van der Waals surface area (Å²) in [6.07, 6.45) is 4.73. The van der Waals surface area contributed by atoms with Gasteiger partial charge in [-0.25, -0.2) is 4.98 Å². The molecule has 0 radical (unpaired) electrons. The maximum atomic E-state index is 6.60. The highest BCUT2D eigenvalue weighted by Gasteiger charge is 2.22. The Labute approximate surface area is 178 Å². The van der Waals surface area contributed by atoms with Crippen LogP contribution >= 0.6 is 48.2 Å². The molecule has 26 heavy (non-hydrogen) atoms. The number of fused-ring (bicyclic) bond motifs is 1. The van der Waals surface area contributed by atoms with Gasteiger partial charge in [-0.05, 0) is 68.9 Å². The first-order valence-electron chi connectivity index (χ1n) is 9.22. The fraction of sp³-hybridized carbons (Fsp3) is 0.632. The van der Waals surface area contributed by atoms with Gasteiger partial charge in [0.1, 0.15) is 0 Å². The molecular weight excluding hydrogens is 409 g/mol. The van der Waals surface area contributed by atoms with Gasteiger partial charge in [-0.1, -0.05) is 44.1 Å². The second kappa shape index (κ2) is 11.0. The molecule has 0 unspecified atom stereocenters. The number of halogens is 3. The average Bonchev–Trinajstić information content (AvgIpc) is 3.00. The molecule has 2 heterocycles. The summed E-state index contributed by atoms with van der Waals surface area (Å²) in [6, 6.07) is 4.29. The van der Waals surface area contributed by atoms with Crippen LogP contribution in [0.1, 0.15) is 57.9 Å². The van der Waals surface area contributed by atoms with Gasteiger partial charge in [-0.2, -0.15) is 0 Å². The van der Waals surface area contributed by atoms with Crippen LogP contribution in [-0.4, -0.2) is 39.8 Å². The van der Waals surface area contributed by atoms with E-state index in [0.29, 0.717) is 11.2 Å². The summed E-state index contributed by atoms with van der Waals surface area (Å²) in [5.41, 5.74) is 3.41. The molecule has 0 aliphatic carbocycles. The summed E-state index contributed by atoms with van der Waals surface area (Å²) in [4.78, 5) is 10.8. The van der Waals surface area contributed by atoms with Gasteiger partial charge in [0.15, 0.2) is 5.16 Å². The van der Waals surface area contributed by atoms with E-state index in [1.165, 1.54) is 44.3 Å². The van der Waals surface area contributed by atoms with E-state index in [-0.39, 0.29) is 24.8 Å². The summed E-state index contributed by atoms with van der Waals surface area (Å²) < 4.78 is 0. The zero-order chi connectivity index (χ0) is 17.1. The Hall–Kier alpha value is -0.130. The van der Waals surface area contributed by atoms with Gasteiger partial charge in [0.2, 0.25) is 0 Å². The summed E-state index contributed by atoms with van der Waals surface area (Å²) >= 11 is 8.45. The van der Waals surface area contributed by atoms with Crippen molar-refractivity contribution in [3.63, 3.8) is 0 Å². The third-order valence-corrected chi connectivity index (χ3v) is 6.99. The Balaban J connectivity index is 0.00000169. The fourth-order valence-electron chi connectivity index (χ4n) is 3.57. The predicted octanol–water partition coefficient (Wildman–Crippen LogP) is 6.54. The van der Waals surface area contributed by atoms with Gasteiger partial charge < -0.3 is 9.88 Å². The van der Waals surface area contributed by atoms with E-state index in [2.05, 4.69) is 36.7 Å². The van der Waals surface area contributed by atoms with Crippen molar-refractivity contribution in [2.24, 2.45) is 0 Å². The highest BCUT2D eigenvalue weighted by atomic mass is 35.5. The predicted molar refractivity (Wildman–Crippen MR) is 120 cm³/mol. The molecule has 0 spiro atoms. The number of nitrogens with zero attached hydrogens (tertiary/aromatic N) is 2. The highest BCUT2D eigenvalue weighted by molar-refractivity contribution is 7.99. The molecule has 3 nitrogen and oxygen atoms in total. The third kappa shape index (κ3) is 5.45. The normalized spacial score (nSPS) is 15.9. The van der Waals surface area contributed by atoms with Gasteiger partial charge in [0.05, 0.1) is 11.0 Å². The summed E-state index contributed by atoms with van der Waals surface area (Å²) in [6.45, 7) is 10.2. The van der Waals surface area contributed by atoms with Crippen molar-refractivity contribution in [1.29, 1.82) is 0 Å². The van der Waals surface area contributed by atoms with Crippen LogP contribution in [-0.2, 0) is 0 Å². The lowest BCUT2D eigenvalue weighted by Crippen LogP contribution is -2.32. The van der Waals surface area contributed by atoms with E-state index in [4.69, 9.17) is 16.6 Å². The minimum Gasteiger partial charge on any atom is -0.333 e. The summed E-state index contributed by atoms with van der Waals surface area (Å²) in [5, 5.41) is 2.52. The van der Waals surface area contributed by atoms with Crippen LogP contribution in [0.4, 0.5) is 0 Å². The number of aromatic amines is 1. The number of rotatable bonds is 6. The lowest BCUT2D eigenvalue weighted by atomic mass is 9.89. The Kier molecular flexibility index (Phi) is 10.1. The molecule has 1 aromatic carbocycles. The molecule has 1 aliphatic rings. The van der Waals surface area contributed by atoms with Crippen LogP contribution < -0.4 is 0 Å². The van der Waals surface area contributed by atoms with Crippen molar-refractivity contribution in [3.8, 4) is 0 Å². The SMILES string of the molecule is CCC(CC)Sc1nc2cc(Cl)c(C3CCN(CC)CC3)cc2[nH]1.Cl.Cl. The van der Waals surface area contributed by atoms with Crippen LogP contribution in [0.25, 0.3) is 11.0 Å². The van der Waals surface area contributed by atoms with Crippen LogP contribution in [0.2, 0.25) is 5.02 Å². The summed E-state index contributed by atoms with van der Waals surface area (Å²) in [5.74, 6) is 0.572. The molecule has 2 aromatic rings. The Bertz CT molecular complexity index is 680. The maximum Gasteiger partial charge on any atom is 0.166 e. The van der Waals surface area contributed by atoms with Crippen LogP contribution in [0, 0.1) is 0 Å². The minimum atomic E-state index is 0. The van der Waals surface area contributed by atoms with Gasteiger partial charge in [0.25, 0.3) is 0 Å². The van der Waals surface area contributed by atoms with Crippen molar-refractivity contribution in [2.45, 2.75) is 62.8 Å². The zero-order valence-electron chi connectivity index (χ0n) is 15.8. The lowest BCUT2D eigenvalue weighted by molar-refractivity contribution is 0.222. The molecule has 1 fully saturated rings. The molecule has 1 aliphatic heterocycles. The third-order valence-electron chi connectivity index (χ3n) is 5.24. The molecule has 0 atom stereocenters. The Morgan fingerprint density at radius 1 is 1.19 bits per heavy atom. The monoisotopic (exact) mass is 437 g/mol. The number of hydrogen-bond acceptors (Lipinski definition) is 3. The second-order valence-electron chi connectivity index (χ2n) is 6.70. The number of piperidine rings is 1. The molecule has 3 rings (SSSR count). The number of benzene rings is 1. The van der Waals surface area contributed by atoms with Crippen molar-refractivity contribution < 1.29 is 0 Å². The number of likely N-dealkylation sites (tertiary alicyclic amines) is 1. The van der Waals surface area contributed by atoms with E-state index in [1.807, 2.05) is 17.8 Å². The van der Waals surface area contributed by atoms with Crippen molar-refractivity contribution in [2.75, 3.05) is 19.6 Å². The number of imidazole rings is 1. The van der Waals surface area contributed by atoms with Gasteiger partial charge in [-0.3, -0.25) is 0 Å². The van der Waals surface area contributed by atoms with Crippen LogP contribution in [0.3, 0.4) is 0 Å². The Morgan fingerprint density at radius 2 is 1.85 bits per heavy atom. The summed E-state index contributed by atoms with van der Waals surface area (Å²) in [7, 11) is 0. The standard InChI is InChI=1S/C19H28ClN3S.2ClH/c1-4-14(5-2)24-19-21-17-11-15(16(20)12-18(17)22-19)13-7-9-23(6-3)10-8-13;;/h11-14H,4-10H2,1-3H3,(H,21,22);2*1H. The van der Waals surface area contributed by atoms with Gasteiger partial charge in [0, 0.05) is 10.3 Å². The topological polar surface area (TPSA) is 31.9 Å². The largest absolute Gasteiger partial charge is 0.333 e. The molecule has 0 saturated carbocycles. The number of H-pyrrole nitrogens is 1. The van der Waals surface area contributed by atoms with Crippen molar-refractivity contribution >= 4 is 59.2 Å². The fourth-order valence-corrected chi connectivity index (χ4v) is 4.85. The van der Waals surface area contributed by atoms with Gasteiger partial charge >= 0.3 is 0 Å². The lowest BCUT2D eigenvalue weighted by Gasteiger charge is -2.31. The molecule has 1 saturated heterocycles. The molecule has 0 amide bonds. The van der Waals surface area contributed by atoms with E-state index in [9.17, 15) is 0 Å². The molecule has 1 N–H and O–H groups in total. The molecule has 148 valence electrons. The van der Waals surface area contributed by atoms with E-state index in [1.54, 1.807) is 0 Å². The highest BCUT2D eigenvalue weighted by Crippen LogP contribution is 2.36. The number of nitrogens with one attached hydrogen (secondary N) is 1. The second-order valence-corrected chi connectivity index (χ2v) is 8.39. The van der Waals surface area contributed by atoms with Gasteiger partial charge in [-0.15, -0.1) is 24.8 Å². The first kappa shape index (κ1) is 23.9. The zero-order valence-corrected chi connectivity index (χ0v) is 19.0. The first-order valence-corrected chi connectivity index (χ1v) is 10.5. The number of hydrogen-bond donors (Lipinski definition) is 1. The van der Waals surface area contributed by atoms with E-state index >= 15 is 0 Å². The number of aromatic nitrogens is 2. The van der Waals surface area contributed by atoms with Crippen LogP contribution in [0.5, 0.6) is 0 Å². The van der Waals surface area contributed by atoms with Crippen LogP contribution in [0.15, 0.2) is 17.3 Å². The minimum absolute atomic E-state index is 0. The first-order chi connectivity index (χ1) is 11.6. The Morgan fingerprint density at radius 3 is 2.42 bits per heavy atom. The molecule has 0 bridgehead atoms. The molecule has 1 aromatic heterocycles. The smallest absolute Gasteiger partial charge is 0.166 e. The molecule has 7 heteroatoms. The van der Waals surface area contributed by atoms with Crippen molar-refractivity contribution in [3.05, 3.63) is 22.7 Å². The van der Waals surface area contributed by atoms with E-state index < -0.39 is 0 Å². The quantitative estimate of drug-likeness (QED) is 0.519. The van der Waals surface area contributed by atoms with E-state index in [0.717, 1.165) is 27.8 Å². The molecular formula is C19H30Cl3N3S. The average molecular weight is 439 g/mol.